The van der Waals surface area contributed by atoms with Gasteiger partial charge in [-0.1, -0.05) is 13.0 Å². The van der Waals surface area contributed by atoms with E-state index in [0.717, 1.165) is 18.3 Å². The zero-order valence-electron chi connectivity index (χ0n) is 10.6. The number of alkyl halides is 3. The minimum atomic E-state index is -4.73. The molecule has 1 heterocycles. The normalized spacial score (nSPS) is 19.5. The fraction of sp³-hybridized carbons (Fsp3) is 0.333. The number of hydrogen-bond acceptors (Lipinski definition) is 4. The lowest BCUT2D eigenvalue weighted by Gasteiger charge is -2.18. The third kappa shape index (κ3) is 3.06. The lowest BCUT2D eigenvalue weighted by atomic mass is 9.93. The summed E-state index contributed by atoms with van der Waals surface area (Å²) in [4.78, 5) is 17.1. The van der Waals surface area contributed by atoms with Gasteiger partial charge in [0.05, 0.1) is 5.56 Å². The first-order valence-electron chi connectivity index (χ1n) is 5.82. The van der Waals surface area contributed by atoms with Crippen LogP contribution in [0.3, 0.4) is 0 Å². The van der Waals surface area contributed by atoms with E-state index in [4.69, 9.17) is 0 Å². The first-order chi connectivity index (χ1) is 9.70. The van der Waals surface area contributed by atoms with Crippen molar-refractivity contribution >= 4 is 12.1 Å². The Bertz CT molecular complexity index is 640. The van der Waals surface area contributed by atoms with E-state index >= 15 is 0 Å². The molecule has 0 fully saturated rings. The SMILES string of the molecule is CC(c1ccc(F)cc1C(F)(F)F)C1N=CC([N+](=O)[O-])=N1. The van der Waals surface area contributed by atoms with E-state index in [1.54, 1.807) is 0 Å². The van der Waals surface area contributed by atoms with Crippen LogP contribution in [0.5, 0.6) is 0 Å². The second-order valence-electron chi connectivity index (χ2n) is 4.45. The molecule has 9 heteroatoms. The first-order valence-corrected chi connectivity index (χ1v) is 5.82. The summed E-state index contributed by atoms with van der Waals surface area (Å²) in [6, 6.07) is 2.29. The predicted molar refractivity (Wildman–Crippen MR) is 66.5 cm³/mol. The molecule has 1 aliphatic heterocycles. The first kappa shape index (κ1) is 15.1. The molecule has 0 N–H and O–H groups in total. The summed E-state index contributed by atoms with van der Waals surface area (Å²) in [6.45, 7) is 1.40. The lowest BCUT2D eigenvalue weighted by molar-refractivity contribution is -0.345. The molecule has 0 radical (unpaired) electrons. The zero-order valence-corrected chi connectivity index (χ0v) is 10.6. The maximum absolute atomic E-state index is 13.0. The van der Waals surface area contributed by atoms with Crippen molar-refractivity contribution in [3.8, 4) is 0 Å². The van der Waals surface area contributed by atoms with Gasteiger partial charge in [-0.2, -0.15) is 13.2 Å². The molecule has 0 saturated heterocycles. The van der Waals surface area contributed by atoms with Gasteiger partial charge < -0.3 is 10.1 Å². The molecule has 0 aliphatic carbocycles. The Balaban J connectivity index is 2.39. The number of rotatable bonds is 2. The van der Waals surface area contributed by atoms with Gasteiger partial charge in [0.25, 0.3) is 0 Å². The summed E-state index contributed by atoms with van der Waals surface area (Å²) in [7, 11) is 0. The van der Waals surface area contributed by atoms with Crippen LogP contribution < -0.4 is 0 Å². The Morgan fingerprint density at radius 1 is 1.38 bits per heavy atom. The summed E-state index contributed by atoms with van der Waals surface area (Å²) in [5.41, 5.74) is -1.34. The highest BCUT2D eigenvalue weighted by Gasteiger charge is 2.38. The van der Waals surface area contributed by atoms with Gasteiger partial charge in [-0.15, -0.1) is 0 Å². The van der Waals surface area contributed by atoms with Crippen molar-refractivity contribution in [1.29, 1.82) is 0 Å². The molecule has 2 rings (SSSR count). The highest BCUT2D eigenvalue weighted by atomic mass is 19.4. The highest BCUT2D eigenvalue weighted by Crippen LogP contribution is 2.37. The predicted octanol–water partition coefficient (Wildman–Crippen LogP) is 3.03. The monoisotopic (exact) mass is 303 g/mol. The van der Waals surface area contributed by atoms with Crippen molar-refractivity contribution in [2.75, 3.05) is 0 Å². The lowest BCUT2D eigenvalue weighted by Crippen LogP contribution is -2.17. The van der Waals surface area contributed by atoms with E-state index in [0.29, 0.717) is 6.07 Å². The summed E-state index contributed by atoms with van der Waals surface area (Å²) in [5.74, 6) is -2.40. The van der Waals surface area contributed by atoms with Gasteiger partial charge in [-0.05, 0) is 27.6 Å². The van der Waals surface area contributed by atoms with Gasteiger partial charge in [0.2, 0.25) is 6.17 Å². The molecular weight excluding hydrogens is 294 g/mol. The van der Waals surface area contributed by atoms with Gasteiger partial charge in [0.1, 0.15) is 12.0 Å². The van der Waals surface area contributed by atoms with Gasteiger partial charge in [0, 0.05) is 5.92 Å². The van der Waals surface area contributed by atoms with Crippen LogP contribution in [0.15, 0.2) is 28.2 Å². The van der Waals surface area contributed by atoms with Crippen LogP contribution in [0.2, 0.25) is 0 Å². The second-order valence-corrected chi connectivity index (χ2v) is 4.45. The van der Waals surface area contributed by atoms with Gasteiger partial charge in [-0.3, -0.25) is 0 Å². The molecule has 1 aliphatic rings. The van der Waals surface area contributed by atoms with Crippen molar-refractivity contribution in [2.45, 2.75) is 25.2 Å². The van der Waals surface area contributed by atoms with E-state index in [-0.39, 0.29) is 5.56 Å². The Kier molecular flexibility index (Phi) is 3.75. The Hall–Kier alpha value is -2.32. The summed E-state index contributed by atoms with van der Waals surface area (Å²) in [5, 5.41) is 10.5. The Morgan fingerprint density at radius 2 is 2.05 bits per heavy atom. The third-order valence-electron chi connectivity index (χ3n) is 3.05. The van der Waals surface area contributed by atoms with E-state index < -0.39 is 40.4 Å². The van der Waals surface area contributed by atoms with E-state index in [2.05, 4.69) is 9.98 Å². The number of amidine groups is 1. The van der Waals surface area contributed by atoms with E-state index in [1.807, 2.05) is 0 Å². The van der Waals surface area contributed by atoms with Crippen molar-refractivity contribution in [1.82, 2.24) is 0 Å². The second kappa shape index (κ2) is 5.23. The maximum Gasteiger partial charge on any atom is 0.416 e. The minimum absolute atomic E-state index is 0.209. The van der Waals surface area contributed by atoms with Crippen LogP contribution in [0.1, 0.15) is 24.0 Å². The van der Waals surface area contributed by atoms with Gasteiger partial charge >= 0.3 is 12.0 Å². The molecule has 112 valence electrons. The fourth-order valence-electron chi connectivity index (χ4n) is 2.01. The summed E-state index contributed by atoms with van der Waals surface area (Å²) < 4.78 is 51.8. The summed E-state index contributed by atoms with van der Waals surface area (Å²) in [6.07, 6.45) is -4.86. The van der Waals surface area contributed by atoms with Crippen molar-refractivity contribution in [2.24, 2.45) is 9.98 Å². The highest BCUT2D eigenvalue weighted by molar-refractivity contribution is 6.26. The molecule has 0 amide bonds. The third-order valence-corrected chi connectivity index (χ3v) is 3.05. The van der Waals surface area contributed by atoms with Crippen molar-refractivity contribution in [3.05, 3.63) is 45.3 Å². The molecule has 0 spiro atoms. The van der Waals surface area contributed by atoms with Crippen LogP contribution >= 0.6 is 0 Å². The largest absolute Gasteiger partial charge is 0.416 e. The van der Waals surface area contributed by atoms with E-state index in [9.17, 15) is 27.7 Å². The molecule has 1 aromatic carbocycles. The Labute approximate surface area is 116 Å². The van der Waals surface area contributed by atoms with Crippen molar-refractivity contribution < 1.29 is 22.5 Å². The standard InChI is InChI=1S/C12H9F4N3O2/c1-6(11-17-5-10(18-11)19(20)21)8-3-2-7(13)4-9(8)12(14,15)16/h2-6,11H,1H3. The zero-order chi connectivity index (χ0) is 15.8. The smallest absolute Gasteiger partial charge is 0.358 e. The van der Waals surface area contributed by atoms with Gasteiger partial charge in [-0.25, -0.2) is 9.38 Å². The van der Waals surface area contributed by atoms with E-state index in [1.165, 1.54) is 6.92 Å². The maximum atomic E-state index is 13.0. The fourth-order valence-corrected chi connectivity index (χ4v) is 2.01. The molecule has 0 bridgehead atoms. The van der Waals surface area contributed by atoms with Crippen LogP contribution in [0.4, 0.5) is 17.6 Å². The van der Waals surface area contributed by atoms with Crippen LogP contribution in [0, 0.1) is 15.9 Å². The number of aliphatic imine (C=N–C) groups is 2. The van der Waals surface area contributed by atoms with Crippen LogP contribution in [-0.4, -0.2) is 23.1 Å². The number of halogens is 4. The molecule has 21 heavy (non-hydrogen) atoms. The number of nitro groups is 1. The average Bonchev–Trinajstić information content (AvgIpc) is 2.86. The summed E-state index contributed by atoms with van der Waals surface area (Å²) >= 11 is 0. The number of nitrogens with zero attached hydrogens (tertiary/aromatic N) is 3. The average molecular weight is 303 g/mol. The Morgan fingerprint density at radius 3 is 2.57 bits per heavy atom. The molecule has 0 aromatic heterocycles. The quantitative estimate of drug-likeness (QED) is 0.479. The van der Waals surface area contributed by atoms with Gasteiger partial charge in [0.15, 0.2) is 0 Å². The number of hydrogen-bond donors (Lipinski definition) is 0. The van der Waals surface area contributed by atoms with Crippen LogP contribution in [-0.2, 0) is 6.18 Å². The number of benzene rings is 1. The molecule has 2 unspecified atom stereocenters. The molecule has 2 atom stereocenters. The molecule has 5 nitrogen and oxygen atoms in total. The molecular formula is C12H9F4N3O2. The van der Waals surface area contributed by atoms with Crippen LogP contribution in [0.25, 0.3) is 0 Å². The molecule has 1 aromatic rings. The topological polar surface area (TPSA) is 67.9 Å². The minimum Gasteiger partial charge on any atom is -0.358 e. The van der Waals surface area contributed by atoms with Crippen molar-refractivity contribution in [3.63, 3.8) is 0 Å². The molecule has 0 saturated carbocycles.